The fraction of sp³-hybridized carbons (Fsp3) is 0.167. The van der Waals surface area contributed by atoms with Gasteiger partial charge in [-0.05, 0) is 12.1 Å². The molecule has 0 saturated carbocycles. The van der Waals surface area contributed by atoms with Crippen LogP contribution in [0.25, 0.3) is 0 Å². The van der Waals surface area contributed by atoms with Gasteiger partial charge in [-0.3, -0.25) is 4.72 Å². The van der Waals surface area contributed by atoms with Crippen molar-refractivity contribution < 1.29 is 17.2 Å². The van der Waals surface area contributed by atoms with E-state index in [1.807, 2.05) is 0 Å². The van der Waals surface area contributed by atoms with Crippen LogP contribution in [-0.2, 0) is 10.0 Å². The summed E-state index contributed by atoms with van der Waals surface area (Å²) in [5, 5.41) is 0. The van der Waals surface area contributed by atoms with Crippen molar-refractivity contribution >= 4 is 21.5 Å². The predicted octanol–water partition coefficient (Wildman–Crippen LogP) is 0.628. The minimum atomic E-state index is -4.63. The van der Waals surface area contributed by atoms with E-state index in [0.717, 1.165) is 6.20 Å². The summed E-state index contributed by atoms with van der Waals surface area (Å²) in [6.45, 7) is 0. The molecule has 0 aromatic carbocycles. The first kappa shape index (κ1) is 10.6. The van der Waals surface area contributed by atoms with Crippen molar-refractivity contribution in [1.29, 1.82) is 0 Å². The zero-order valence-corrected chi connectivity index (χ0v) is 7.63. The lowest BCUT2D eigenvalue weighted by molar-refractivity contribution is 0.236. The van der Waals surface area contributed by atoms with E-state index >= 15 is 0 Å². The van der Waals surface area contributed by atoms with E-state index in [1.165, 1.54) is 12.1 Å². The average molecular weight is 223 g/mol. The van der Waals surface area contributed by atoms with Gasteiger partial charge in [-0.25, -0.2) is 13.4 Å². The van der Waals surface area contributed by atoms with Crippen LogP contribution in [0.4, 0.5) is 20.3 Å². The van der Waals surface area contributed by atoms with Crippen LogP contribution in [0.1, 0.15) is 0 Å². The lowest BCUT2D eigenvalue weighted by Gasteiger charge is -2.05. The summed E-state index contributed by atoms with van der Waals surface area (Å²) in [5.74, 6) is -3.30. The van der Waals surface area contributed by atoms with Gasteiger partial charge in [-0.15, -0.1) is 0 Å². The Balaban J connectivity index is 2.85. The molecule has 0 aliphatic rings. The number of pyridine rings is 1. The summed E-state index contributed by atoms with van der Waals surface area (Å²) in [5.41, 5.74) is 5.16. The molecule has 0 aliphatic heterocycles. The van der Waals surface area contributed by atoms with Crippen molar-refractivity contribution in [3.05, 3.63) is 18.3 Å². The van der Waals surface area contributed by atoms with Crippen molar-refractivity contribution in [2.75, 3.05) is 10.5 Å². The van der Waals surface area contributed by atoms with E-state index in [0.29, 0.717) is 0 Å². The van der Waals surface area contributed by atoms with Gasteiger partial charge >= 0.3 is 5.76 Å². The van der Waals surface area contributed by atoms with Crippen molar-refractivity contribution in [3.8, 4) is 0 Å². The summed E-state index contributed by atoms with van der Waals surface area (Å²) in [4.78, 5) is 3.53. The Hall–Kier alpha value is -1.44. The van der Waals surface area contributed by atoms with Crippen molar-refractivity contribution in [3.63, 3.8) is 0 Å². The summed E-state index contributed by atoms with van der Waals surface area (Å²) < 4.78 is 46.7. The quantitative estimate of drug-likeness (QED) is 0.786. The number of rotatable bonds is 3. The van der Waals surface area contributed by atoms with Crippen molar-refractivity contribution in [2.24, 2.45) is 0 Å². The summed E-state index contributed by atoms with van der Waals surface area (Å²) in [7, 11) is -4.63. The molecule has 78 valence electrons. The number of hydrogen-bond donors (Lipinski definition) is 2. The molecule has 14 heavy (non-hydrogen) atoms. The van der Waals surface area contributed by atoms with Gasteiger partial charge in [0, 0.05) is 0 Å². The summed E-state index contributed by atoms with van der Waals surface area (Å²) in [6.07, 6.45) is 1.05. The molecule has 0 amide bonds. The third-order valence-corrected chi connectivity index (χ3v) is 2.27. The molecule has 1 aromatic heterocycles. The van der Waals surface area contributed by atoms with Gasteiger partial charge in [0.2, 0.25) is 0 Å². The van der Waals surface area contributed by atoms with Crippen LogP contribution in [0.3, 0.4) is 0 Å². The lowest BCUT2D eigenvalue weighted by Crippen LogP contribution is -2.20. The zero-order valence-electron chi connectivity index (χ0n) is 6.81. The third kappa shape index (κ3) is 2.52. The highest BCUT2D eigenvalue weighted by atomic mass is 32.2. The van der Waals surface area contributed by atoms with Gasteiger partial charge in [0.25, 0.3) is 10.0 Å². The maximum absolute atomic E-state index is 11.9. The smallest absolute Gasteiger partial charge is 0.355 e. The molecule has 0 spiro atoms. The first-order chi connectivity index (χ1) is 6.42. The standard InChI is InChI=1S/C6H7F2N3O2S/c7-6(8)14(12,13)11-4-1-2-5(9)10-3-4/h1-3,6,11H,(H2,9,10). The first-order valence-corrected chi connectivity index (χ1v) is 4.98. The second-order valence-electron chi connectivity index (χ2n) is 2.38. The topological polar surface area (TPSA) is 85.1 Å². The molecule has 0 fully saturated rings. The molecule has 0 radical (unpaired) electrons. The molecule has 3 N–H and O–H groups in total. The van der Waals surface area contributed by atoms with Crippen LogP contribution < -0.4 is 10.5 Å². The van der Waals surface area contributed by atoms with Crippen LogP contribution in [0, 0.1) is 0 Å². The molecule has 1 heterocycles. The SMILES string of the molecule is Nc1ccc(NS(=O)(=O)C(F)F)cn1. The largest absolute Gasteiger partial charge is 0.384 e. The molecule has 5 nitrogen and oxygen atoms in total. The van der Waals surface area contributed by atoms with Gasteiger partial charge < -0.3 is 5.73 Å². The fourth-order valence-corrected chi connectivity index (χ4v) is 1.21. The number of aromatic nitrogens is 1. The number of nitrogens with one attached hydrogen (secondary N) is 1. The average Bonchev–Trinajstić information content (AvgIpc) is 2.08. The molecule has 0 unspecified atom stereocenters. The van der Waals surface area contributed by atoms with Crippen LogP contribution in [-0.4, -0.2) is 19.2 Å². The Morgan fingerprint density at radius 2 is 2.07 bits per heavy atom. The number of anilines is 2. The van der Waals surface area contributed by atoms with Gasteiger partial charge in [0.15, 0.2) is 0 Å². The fourth-order valence-electron chi connectivity index (χ4n) is 0.674. The molecule has 0 atom stereocenters. The maximum atomic E-state index is 11.9. The van der Waals surface area contributed by atoms with Gasteiger partial charge in [-0.2, -0.15) is 8.78 Å². The van der Waals surface area contributed by atoms with Crippen molar-refractivity contribution in [1.82, 2.24) is 4.98 Å². The van der Waals surface area contributed by atoms with E-state index in [9.17, 15) is 17.2 Å². The van der Waals surface area contributed by atoms with Gasteiger partial charge in [0.05, 0.1) is 11.9 Å². The molecule has 8 heteroatoms. The third-order valence-electron chi connectivity index (χ3n) is 1.28. The molecule has 0 saturated heterocycles. The number of nitrogens with two attached hydrogens (primary N) is 1. The van der Waals surface area contributed by atoms with E-state index in [2.05, 4.69) is 4.98 Å². The zero-order chi connectivity index (χ0) is 10.8. The minimum absolute atomic E-state index is 0.0560. The molecule has 1 rings (SSSR count). The van der Waals surface area contributed by atoms with Crippen LogP contribution in [0.5, 0.6) is 0 Å². The van der Waals surface area contributed by atoms with Crippen molar-refractivity contribution in [2.45, 2.75) is 5.76 Å². The number of alkyl halides is 2. The van der Waals surface area contributed by atoms with E-state index in [1.54, 1.807) is 4.72 Å². The van der Waals surface area contributed by atoms with E-state index in [-0.39, 0.29) is 11.5 Å². The van der Waals surface area contributed by atoms with Gasteiger partial charge in [-0.1, -0.05) is 0 Å². The predicted molar refractivity (Wildman–Crippen MR) is 47.2 cm³/mol. The first-order valence-electron chi connectivity index (χ1n) is 3.43. The monoisotopic (exact) mass is 223 g/mol. The van der Waals surface area contributed by atoms with E-state index in [4.69, 9.17) is 5.73 Å². The highest BCUT2D eigenvalue weighted by Crippen LogP contribution is 2.13. The number of nitrogens with zero attached hydrogens (tertiary/aromatic N) is 1. The van der Waals surface area contributed by atoms with E-state index < -0.39 is 15.8 Å². The number of nitrogen functional groups attached to an aromatic ring is 1. The van der Waals surface area contributed by atoms with Crippen LogP contribution in [0.15, 0.2) is 18.3 Å². The lowest BCUT2D eigenvalue weighted by atomic mass is 10.4. The minimum Gasteiger partial charge on any atom is -0.384 e. The highest BCUT2D eigenvalue weighted by molar-refractivity contribution is 7.93. The number of halogens is 2. The Morgan fingerprint density at radius 3 is 2.50 bits per heavy atom. The Morgan fingerprint density at radius 1 is 1.43 bits per heavy atom. The molecular formula is C6H7F2N3O2S. The maximum Gasteiger partial charge on any atom is 0.355 e. The second-order valence-corrected chi connectivity index (χ2v) is 4.03. The van der Waals surface area contributed by atoms with Crippen LogP contribution >= 0.6 is 0 Å². The Kier molecular flexibility index (Phi) is 2.84. The number of sulfonamides is 1. The molecule has 0 aliphatic carbocycles. The normalized spacial score (nSPS) is 11.6. The highest BCUT2D eigenvalue weighted by Gasteiger charge is 2.23. The molecular weight excluding hydrogens is 216 g/mol. The Bertz CT molecular complexity index is 404. The molecule has 0 bridgehead atoms. The van der Waals surface area contributed by atoms with Crippen LogP contribution in [0.2, 0.25) is 0 Å². The summed E-state index contributed by atoms with van der Waals surface area (Å²) in [6, 6.07) is 2.53. The number of hydrogen-bond acceptors (Lipinski definition) is 4. The second kappa shape index (κ2) is 3.74. The Labute approximate surface area is 79.0 Å². The summed E-state index contributed by atoms with van der Waals surface area (Å²) >= 11 is 0. The molecule has 1 aromatic rings. The van der Waals surface area contributed by atoms with Gasteiger partial charge in [0.1, 0.15) is 5.82 Å².